The molecule has 0 spiro atoms. The van der Waals surface area contributed by atoms with Crippen molar-refractivity contribution in [1.29, 1.82) is 0 Å². The lowest BCUT2D eigenvalue weighted by Gasteiger charge is -2.10. The Balaban J connectivity index is 1.63. The second kappa shape index (κ2) is 5.40. The summed E-state index contributed by atoms with van der Waals surface area (Å²) in [5, 5.41) is 10.2. The van der Waals surface area contributed by atoms with E-state index in [4.69, 9.17) is 10.5 Å². The number of nitrogen functional groups attached to an aromatic ring is 1. The molecular weight excluding hydrogens is 254 g/mol. The van der Waals surface area contributed by atoms with Crippen molar-refractivity contribution in [2.45, 2.75) is 26.3 Å². The van der Waals surface area contributed by atoms with Gasteiger partial charge in [0.2, 0.25) is 5.88 Å². The third-order valence-electron chi connectivity index (χ3n) is 3.44. The van der Waals surface area contributed by atoms with Crippen molar-refractivity contribution in [3.8, 4) is 5.88 Å². The minimum atomic E-state index is 0.519. The number of nitrogens with one attached hydrogen (secondary N) is 2. The summed E-state index contributed by atoms with van der Waals surface area (Å²) in [7, 11) is 0. The van der Waals surface area contributed by atoms with Crippen molar-refractivity contribution >= 4 is 11.5 Å². The van der Waals surface area contributed by atoms with Gasteiger partial charge in [0.25, 0.3) is 0 Å². The van der Waals surface area contributed by atoms with Gasteiger partial charge in [-0.25, -0.2) is 0 Å². The molecule has 0 amide bonds. The number of aromatic nitrogens is 3. The topological polar surface area (TPSA) is 88.9 Å². The van der Waals surface area contributed by atoms with Crippen LogP contribution in [0, 0.1) is 12.8 Å². The van der Waals surface area contributed by atoms with E-state index in [2.05, 4.69) is 20.5 Å². The summed E-state index contributed by atoms with van der Waals surface area (Å²) in [6, 6.07) is 3.68. The highest BCUT2D eigenvalue weighted by Crippen LogP contribution is 2.30. The fourth-order valence-corrected chi connectivity index (χ4v) is 1.89. The highest BCUT2D eigenvalue weighted by Gasteiger charge is 2.22. The molecule has 6 nitrogen and oxygen atoms in total. The summed E-state index contributed by atoms with van der Waals surface area (Å²) in [6.45, 7) is 3.37. The Morgan fingerprint density at radius 1 is 1.45 bits per heavy atom. The minimum absolute atomic E-state index is 0.519. The van der Waals surface area contributed by atoms with Crippen LogP contribution in [0.3, 0.4) is 0 Å². The van der Waals surface area contributed by atoms with Crippen LogP contribution in [0.5, 0.6) is 5.88 Å². The molecule has 0 aromatic carbocycles. The molecule has 6 heteroatoms. The van der Waals surface area contributed by atoms with E-state index in [9.17, 15) is 0 Å². The van der Waals surface area contributed by atoms with Crippen molar-refractivity contribution in [2.24, 2.45) is 5.92 Å². The van der Waals surface area contributed by atoms with Gasteiger partial charge in [-0.2, -0.15) is 10.1 Å². The number of aryl methyl sites for hydroxylation is 1. The van der Waals surface area contributed by atoms with Crippen LogP contribution in [0.4, 0.5) is 11.5 Å². The standard InChI is InChI=1S/C14H19N5O/c1-9-11(7-17-19-9)6-16-13-5-4-12(15)14(18-13)20-8-10-2-3-10/h4-5,7,10H,2-3,6,8,15H2,1H3,(H,16,18)(H,17,19). The van der Waals surface area contributed by atoms with Crippen LogP contribution in [-0.2, 0) is 6.54 Å². The molecule has 2 aromatic heterocycles. The van der Waals surface area contributed by atoms with E-state index in [1.165, 1.54) is 12.8 Å². The molecule has 0 aliphatic heterocycles. The molecule has 0 unspecified atom stereocenters. The maximum absolute atomic E-state index is 5.88. The number of hydrogen-bond donors (Lipinski definition) is 3. The van der Waals surface area contributed by atoms with Gasteiger partial charge >= 0.3 is 0 Å². The van der Waals surface area contributed by atoms with Crippen molar-refractivity contribution in [1.82, 2.24) is 15.2 Å². The van der Waals surface area contributed by atoms with Crippen LogP contribution in [0.25, 0.3) is 0 Å². The molecule has 0 atom stereocenters. The van der Waals surface area contributed by atoms with Gasteiger partial charge in [-0.3, -0.25) is 5.10 Å². The van der Waals surface area contributed by atoms with Crippen LogP contribution >= 0.6 is 0 Å². The number of aromatic amines is 1. The number of H-pyrrole nitrogens is 1. The lowest BCUT2D eigenvalue weighted by molar-refractivity contribution is 0.290. The smallest absolute Gasteiger partial charge is 0.239 e. The van der Waals surface area contributed by atoms with E-state index in [0.29, 0.717) is 30.6 Å². The molecule has 1 aliphatic carbocycles. The monoisotopic (exact) mass is 273 g/mol. The van der Waals surface area contributed by atoms with Gasteiger partial charge in [-0.1, -0.05) is 0 Å². The first-order valence-electron chi connectivity index (χ1n) is 6.84. The molecule has 1 aliphatic rings. The highest BCUT2D eigenvalue weighted by molar-refractivity contribution is 5.53. The first-order chi connectivity index (χ1) is 9.72. The van der Waals surface area contributed by atoms with Gasteiger partial charge in [0.15, 0.2) is 0 Å². The number of ether oxygens (including phenoxy) is 1. The fourth-order valence-electron chi connectivity index (χ4n) is 1.89. The molecule has 2 aromatic rings. The van der Waals surface area contributed by atoms with Gasteiger partial charge in [0, 0.05) is 17.8 Å². The van der Waals surface area contributed by atoms with Crippen molar-refractivity contribution in [3.05, 3.63) is 29.6 Å². The van der Waals surface area contributed by atoms with Gasteiger partial charge in [0.1, 0.15) is 5.82 Å². The Labute approximate surface area is 117 Å². The Hall–Kier alpha value is -2.24. The van der Waals surface area contributed by atoms with Gasteiger partial charge in [-0.05, 0) is 37.8 Å². The van der Waals surface area contributed by atoms with Crippen molar-refractivity contribution in [2.75, 3.05) is 17.7 Å². The zero-order chi connectivity index (χ0) is 13.9. The van der Waals surface area contributed by atoms with E-state index < -0.39 is 0 Å². The van der Waals surface area contributed by atoms with Gasteiger partial charge in [0.05, 0.1) is 18.5 Å². The van der Waals surface area contributed by atoms with Crippen LogP contribution in [-0.4, -0.2) is 21.8 Å². The summed E-state index contributed by atoms with van der Waals surface area (Å²) in [6.07, 6.45) is 4.30. The molecule has 0 saturated heterocycles. The Bertz CT molecular complexity index is 591. The van der Waals surface area contributed by atoms with Crippen LogP contribution in [0.15, 0.2) is 18.3 Å². The molecular formula is C14H19N5O. The van der Waals surface area contributed by atoms with Crippen molar-refractivity contribution < 1.29 is 4.74 Å². The minimum Gasteiger partial charge on any atom is -0.476 e. The predicted molar refractivity (Wildman–Crippen MR) is 77.5 cm³/mol. The molecule has 106 valence electrons. The summed E-state index contributed by atoms with van der Waals surface area (Å²) < 4.78 is 5.67. The summed E-state index contributed by atoms with van der Waals surface area (Å²) in [5.74, 6) is 1.96. The number of nitrogens with two attached hydrogens (primary N) is 1. The van der Waals surface area contributed by atoms with E-state index in [1.54, 1.807) is 0 Å². The molecule has 2 heterocycles. The lowest BCUT2D eigenvalue weighted by atomic mass is 10.2. The van der Waals surface area contributed by atoms with Crippen LogP contribution in [0.2, 0.25) is 0 Å². The van der Waals surface area contributed by atoms with Crippen LogP contribution in [0.1, 0.15) is 24.1 Å². The molecule has 0 radical (unpaired) electrons. The predicted octanol–water partition coefficient (Wildman–Crippen LogP) is 2.10. The van der Waals surface area contributed by atoms with Crippen LogP contribution < -0.4 is 15.8 Å². The zero-order valence-corrected chi connectivity index (χ0v) is 11.5. The summed E-state index contributed by atoms with van der Waals surface area (Å²) in [4.78, 5) is 4.41. The molecule has 1 fully saturated rings. The van der Waals surface area contributed by atoms with Gasteiger partial charge in [-0.15, -0.1) is 0 Å². The summed E-state index contributed by atoms with van der Waals surface area (Å²) >= 11 is 0. The second-order valence-corrected chi connectivity index (χ2v) is 5.22. The van der Waals surface area contributed by atoms with E-state index in [-0.39, 0.29) is 0 Å². The Morgan fingerprint density at radius 3 is 3.00 bits per heavy atom. The number of rotatable bonds is 6. The first kappa shape index (κ1) is 12.8. The number of pyridine rings is 1. The SMILES string of the molecule is Cc1[nH]ncc1CNc1ccc(N)c(OCC2CC2)n1. The maximum atomic E-state index is 5.88. The average molecular weight is 273 g/mol. The summed E-state index contributed by atoms with van der Waals surface area (Å²) in [5.41, 5.74) is 8.63. The Morgan fingerprint density at radius 2 is 2.30 bits per heavy atom. The fraction of sp³-hybridized carbons (Fsp3) is 0.429. The first-order valence-corrected chi connectivity index (χ1v) is 6.84. The largest absolute Gasteiger partial charge is 0.476 e. The third kappa shape index (κ3) is 3.01. The van der Waals surface area contributed by atoms with E-state index in [1.807, 2.05) is 25.3 Å². The van der Waals surface area contributed by atoms with E-state index in [0.717, 1.165) is 17.1 Å². The Kier molecular flexibility index (Phi) is 3.45. The zero-order valence-electron chi connectivity index (χ0n) is 11.5. The average Bonchev–Trinajstić information content (AvgIpc) is 3.18. The lowest BCUT2D eigenvalue weighted by Crippen LogP contribution is -2.07. The van der Waals surface area contributed by atoms with Crippen molar-refractivity contribution in [3.63, 3.8) is 0 Å². The maximum Gasteiger partial charge on any atom is 0.239 e. The number of anilines is 2. The number of hydrogen-bond acceptors (Lipinski definition) is 5. The quantitative estimate of drug-likeness (QED) is 0.750. The normalized spacial score (nSPS) is 14.2. The molecule has 4 N–H and O–H groups in total. The molecule has 1 saturated carbocycles. The highest BCUT2D eigenvalue weighted by atomic mass is 16.5. The molecule has 0 bridgehead atoms. The molecule has 20 heavy (non-hydrogen) atoms. The van der Waals surface area contributed by atoms with E-state index >= 15 is 0 Å². The van der Waals surface area contributed by atoms with Gasteiger partial charge < -0.3 is 15.8 Å². The molecule has 3 rings (SSSR count). The third-order valence-corrected chi connectivity index (χ3v) is 3.44. The second-order valence-electron chi connectivity index (χ2n) is 5.22. The number of nitrogens with zero attached hydrogens (tertiary/aromatic N) is 2.